The van der Waals surface area contributed by atoms with Gasteiger partial charge in [-0.2, -0.15) is 0 Å². The maximum Gasteiger partial charge on any atom is 0.255 e. The lowest BCUT2D eigenvalue weighted by Crippen LogP contribution is -2.13. The Kier molecular flexibility index (Phi) is 4.83. The zero-order chi connectivity index (χ0) is 14.7. The molecular weight excluding hydrogens is 386 g/mol. The lowest BCUT2D eigenvalue weighted by Gasteiger charge is -2.10. The van der Waals surface area contributed by atoms with Crippen molar-refractivity contribution in [3.8, 4) is 5.75 Å². The van der Waals surface area contributed by atoms with Crippen molar-refractivity contribution in [2.45, 2.75) is 6.92 Å². The van der Waals surface area contributed by atoms with Crippen molar-refractivity contribution >= 4 is 43.5 Å². The molecule has 0 atom stereocenters. The summed E-state index contributed by atoms with van der Waals surface area (Å²) >= 11 is 6.76. The third-order valence-electron chi connectivity index (χ3n) is 2.84. The summed E-state index contributed by atoms with van der Waals surface area (Å²) in [5.41, 5.74) is 2.26. The van der Waals surface area contributed by atoms with Crippen LogP contribution in [0.15, 0.2) is 45.3 Å². The minimum Gasteiger partial charge on any atom is -0.495 e. The second kappa shape index (κ2) is 6.41. The van der Waals surface area contributed by atoms with Gasteiger partial charge in [-0.15, -0.1) is 0 Å². The Morgan fingerprint density at radius 3 is 2.55 bits per heavy atom. The standard InChI is InChI=1S/C15H13Br2NO2/c1-9-7-10(16)3-5-12(9)15(19)18-11-4-6-13(17)14(8-11)20-2/h3-8H,1-2H3,(H,18,19). The number of carbonyl (C=O) groups is 1. The maximum absolute atomic E-state index is 12.3. The lowest BCUT2D eigenvalue weighted by molar-refractivity contribution is 0.102. The van der Waals surface area contributed by atoms with Crippen LogP contribution in [0.5, 0.6) is 5.75 Å². The van der Waals surface area contributed by atoms with Gasteiger partial charge in [-0.25, -0.2) is 0 Å². The Morgan fingerprint density at radius 1 is 1.15 bits per heavy atom. The van der Waals surface area contributed by atoms with Crippen LogP contribution in [0.3, 0.4) is 0 Å². The number of anilines is 1. The molecule has 0 aliphatic heterocycles. The van der Waals surface area contributed by atoms with Crippen LogP contribution in [0.4, 0.5) is 5.69 Å². The number of nitrogens with one attached hydrogen (secondary N) is 1. The van der Waals surface area contributed by atoms with Crippen LogP contribution in [-0.2, 0) is 0 Å². The summed E-state index contributed by atoms with van der Waals surface area (Å²) < 4.78 is 7.01. The SMILES string of the molecule is COc1cc(NC(=O)c2ccc(Br)cc2C)ccc1Br. The number of aryl methyl sites for hydroxylation is 1. The number of methoxy groups -OCH3 is 1. The maximum atomic E-state index is 12.3. The Morgan fingerprint density at radius 2 is 1.90 bits per heavy atom. The molecule has 5 heteroatoms. The van der Waals surface area contributed by atoms with Crippen molar-refractivity contribution in [2.75, 3.05) is 12.4 Å². The van der Waals surface area contributed by atoms with E-state index in [9.17, 15) is 4.79 Å². The summed E-state index contributed by atoms with van der Waals surface area (Å²) in [6, 6.07) is 11.0. The number of rotatable bonds is 3. The highest BCUT2D eigenvalue weighted by Crippen LogP contribution is 2.28. The summed E-state index contributed by atoms with van der Waals surface area (Å²) in [6.07, 6.45) is 0. The van der Waals surface area contributed by atoms with Gasteiger partial charge < -0.3 is 10.1 Å². The number of carbonyl (C=O) groups excluding carboxylic acids is 1. The second-order valence-electron chi connectivity index (χ2n) is 4.26. The molecule has 2 aromatic rings. The number of benzene rings is 2. The van der Waals surface area contributed by atoms with Crippen LogP contribution in [0.25, 0.3) is 0 Å². The second-order valence-corrected chi connectivity index (χ2v) is 6.03. The van der Waals surface area contributed by atoms with Crippen molar-refractivity contribution in [2.24, 2.45) is 0 Å². The van der Waals surface area contributed by atoms with Crippen LogP contribution < -0.4 is 10.1 Å². The number of hydrogen-bond donors (Lipinski definition) is 1. The van der Waals surface area contributed by atoms with Gasteiger partial charge in [-0.05, 0) is 58.7 Å². The molecule has 1 amide bonds. The van der Waals surface area contributed by atoms with E-state index in [0.717, 1.165) is 14.5 Å². The van der Waals surface area contributed by atoms with Crippen molar-refractivity contribution in [3.05, 3.63) is 56.5 Å². The Labute approximate surface area is 134 Å². The summed E-state index contributed by atoms with van der Waals surface area (Å²) in [7, 11) is 1.59. The van der Waals surface area contributed by atoms with Crippen LogP contribution in [-0.4, -0.2) is 13.0 Å². The summed E-state index contributed by atoms with van der Waals surface area (Å²) in [5, 5.41) is 2.87. The Balaban J connectivity index is 2.23. The largest absolute Gasteiger partial charge is 0.495 e. The minimum atomic E-state index is -0.139. The predicted octanol–water partition coefficient (Wildman–Crippen LogP) is 4.78. The normalized spacial score (nSPS) is 10.2. The van der Waals surface area contributed by atoms with Gasteiger partial charge in [0.15, 0.2) is 0 Å². The molecule has 20 heavy (non-hydrogen) atoms. The summed E-state index contributed by atoms with van der Waals surface area (Å²) in [5.74, 6) is 0.537. The molecule has 0 radical (unpaired) electrons. The smallest absolute Gasteiger partial charge is 0.255 e. The first-order valence-corrected chi connectivity index (χ1v) is 7.51. The molecule has 0 fully saturated rings. The highest BCUT2D eigenvalue weighted by atomic mass is 79.9. The molecule has 0 aliphatic carbocycles. The van der Waals surface area contributed by atoms with E-state index in [1.165, 1.54) is 0 Å². The first kappa shape index (κ1) is 15.1. The fourth-order valence-electron chi connectivity index (χ4n) is 1.82. The van der Waals surface area contributed by atoms with E-state index < -0.39 is 0 Å². The minimum absolute atomic E-state index is 0.139. The molecule has 1 N–H and O–H groups in total. The monoisotopic (exact) mass is 397 g/mol. The molecule has 104 valence electrons. The van der Waals surface area contributed by atoms with E-state index in [0.29, 0.717) is 17.0 Å². The first-order valence-electron chi connectivity index (χ1n) is 5.92. The molecule has 0 unspecified atom stereocenters. The van der Waals surface area contributed by atoms with Gasteiger partial charge in [0.05, 0.1) is 11.6 Å². The third-order valence-corrected chi connectivity index (χ3v) is 3.99. The molecular formula is C15H13Br2NO2. The summed E-state index contributed by atoms with van der Waals surface area (Å²) in [6.45, 7) is 1.90. The zero-order valence-electron chi connectivity index (χ0n) is 11.0. The van der Waals surface area contributed by atoms with Gasteiger partial charge in [0, 0.05) is 21.8 Å². The average Bonchev–Trinajstić information content (AvgIpc) is 2.40. The highest BCUT2D eigenvalue weighted by molar-refractivity contribution is 9.10. The van der Waals surface area contributed by atoms with E-state index in [1.54, 1.807) is 19.2 Å². The third kappa shape index (κ3) is 3.41. The zero-order valence-corrected chi connectivity index (χ0v) is 14.2. The van der Waals surface area contributed by atoms with E-state index in [2.05, 4.69) is 37.2 Å². The van der Waals surface area contributed by atoms with Crippen molar-refractivity contribution < 1.29 is 9.53 Å². The van der Waals surface area contributed by atoms with E-state index >= 15 is 0 Å². The molecule has 0 bridgehead atoms. The first-order chi connectivity index (χ1) is 9.51. The molecule has 0 aliphatic rings. The number of hydrogen-bond acceptors (Lipinski definition) is 2. The van der Waals surface area contributed by atoms with Gasteiger partial charge >= 0.3 is 0 Å². The molecule has 3 nitrogen and oxygen atoms in total. The van der Waals surface area contributed by atoms with E-state index in [1.807, 2.05) is 31.2 Å². The van der Waals surface area contributed by atoms with Crippen LogP contribution in [0.2, 0.25) is 0 Å². The quantitative estimate of drug-likeness (QED) is 0.807. The van der Waals surface area contributed by atoms with Crippen molar-refractivity contribution in [1.29, 1.82) is 0 Å². The van der Waals surface area contributed by atoms with Gasteiger partial charge in [0.25, 0.3) is 5.91 Å². The predicted molar refractivity (Wildman–Crippen MR) is 87.5 cm³/mol. The van der Waals surface area contributed by atoms with E-state index in [-0.39, 0.29) is 5.91 Å². The van der Waals surface area contributed by atoms with Gasteiger partial charge in [-0.3, -0.25) is 4.79 Å². The lowest BCUT2D eigenvalue weighted by atomic mass is 10.1. The van der Waals surface area contributed by atoms with Gasteiger partial charge in [0.1, 0.15) is 5.75 Å². The van der Waals surface area contributed by atoms with Crippen LogP contribution in [0.1, 0.15) is 15.9 Å². The summed E-state index contributed by atoms with van der Waals surface area (Å²) in [4.78, 5) is 12.3. The van der Waals surface area contributed by atoms with Gasteiger partial charge in [-0.1, -0.05) is 15.9 Å². The molecule has 0 saturated carbocycles. The molecule has 2 rings (SSSR count). The molecule has 0 aromatic heterocycles. The molecule has 0 heterocycles. The molecule has 2 aromatic carbocycles. The van der Waals surface area contributed by atoms with Crippen LogP contribution in [0, 0.1) is 6.92 Å². The van der Waals surface area contributed by atoms with Crippen molar-refractivity contribution in [1.82, 2.24) is 0 Å². The highest BCUT2D eigenvalue weighted by Gasteiger charge is 2.10. The Bertz CT molecular complexity index is 656. The topological polar surface area (TPSA) is 38.3 Å². The number of ether oxygens (including phenoxy) is 1. The number of halogens is 2. The van der Waals surface area contributed by atoms with Crippen LogP contribution >= 0.6 is 31.9 Å². The Hall–Kier alpha value is -1.33. The van der Waals surface area contributed by atoms with E-state index in [4.69, 9.17) is 4.74 Å². The fourth-order valence-corrected chi connectivity index (χ4v) is 2.70. The van der Waals surface area contributed by atoms with Gasteiger partial charge in [0.2, 0.25) is 0 Å². The fraction of sp³-hybridized carbons (Fsp3) is 0.133. The number of amides is 1. The molecule has 0 spiro atoms. The average molecular weight is 399 g/mol. The molecule has 0 saturated heterocycles. The van der Waals surface area contributed by atoms with Crippen molar-refractivity contribution in [3.63, 3.8) is 0 Å².